The minimum absolute atomic E-state index is 0.357. The summed E-state index contributed by atoms with van der Waals surface area (Å²) in [5.41, 5.74) is 18.2. The fourth-order valence-electron chi connectivity index (χ4n) is 8.61. The van der Waals surface area contributed by atoms with Gasteiger partial charge in [0.05, 0.1) is 11.0 Å². The standard InChI is InChI=1S/C51H37N/c1-3-14-36(15-4-1)38-26-29-41(30-27-38)52-49-24-10-9-20-45(49)48-34-40(28-32-50(48)52)42-22-12-23-47-44(43-19-7-8-21-46(43)51(42)47)31-25-35-13-11-18-39(33-35)37-16-5-2-6-17-37/h1-24,26-30,32-34,44H,25,31H2. The van der Waals surface area contributed by atoms with E-state index in [4.69, 9.17) is 0 Å². The van der Waals surface area contributed by atoms with Crippen LogP contribution in [0.25, 0.3) is 72.0 Å². The van der Waals surface area contributed by atoms with Crippen molar-refractivity contribution < 1.29 is 0 Å². The first-order chi connectivity index (χ1) is 25.8. The molecule has 52 heavy (non-hydrogen) atoms. The number of aromatic nitrogens is 1. The van der Waals surface area contributed by atoms with Crippen LogP contribution in [0.1, 0.15) is 29.0 Å². The molecule has 0 amide bonds. The lowest BCUT2D eigenvalue weighted by atomic mass is 9.88. The molecule has 0 N–H and O–H groups in total. The van der Waals surface area contributed by atoms with Crippen LogP contribution in [-0.4, -0.2) is 4.57 Å². The lowest BCUT2D eigenvalue weighted by molar-refractivity contribution is 0.730. The summed E-state index contributed by atoms with van der Waals surface area (Å²) in [4.78, 5) is 0. The van der Waals surface area contributed by atoms with Crippen molar-refractivity contribution in [1.29, 1.82) is 0 Å². The molecule has 1 heteroatoms. The van der Waals surface area contributed by atoms with Gasteiger partial charge in [-0.1, -0.05) is 164 Å². The fourth-order valence-corrected chi connectivity index (χ4v) is 8.61. The van der Waals surface area contributed by atoms with Crippen LogP contribution in [0.4, 0.5) is 0 Å². The Labute approximate surface area is 305 Å². The number of rotatable bonds is 7. The van der Waals surface area contributed by atoms with Crippen molar-refractivity contribution in [2.24, 2.45) is 0 Å². The van der Waals surface area contributed by atoms with Crippen molar-refractivity contribution >= 4 is 21.8 Å². The molecule has 246 valence electrons. The number of fused-ring (bicyclic) bond motifs is 6. The number of benzene rings is 8. The maximum absolute atomic E-state index is 2.42. The third-order valence-corrected chi connectivity index (χ3v) is 11.0. The molecule has 0 aliphatic heterocycles. The molecule has 1 aromatic heterocycles. The lowest BCUT2D eigenvalue weighted by Gasteiger charge is -2.15. The van der Waals surface area contributed by atoms with E-state index in [-0.39, 0.29) is 0 Å². The third kappa shape index (κ3) is 5.17. The first kappa shape index (κ1) is 30.4. The van der Waals surface area contributed by atoms with Crippen LogP contribution in [0, 0.1) is 0 Å². The van der Waals surface area contributed by atoms with Crippen molar-refractivity contribution in [3.63, 3.8) is 0 Å². The van der Waals surface area contributed by atoms with Gasteiger partial charge in [0.25, 0.3) is 0 Å². The molecule has 0 radical (unpaired) electrons. The topological polar surface area (TPSA) is 4.93 Å². The van der Waals surface area contributed by atoms with E-state index in [1.54, 1.807) is 0 Å². The molecule has 1 aliphatic rings. The van der Waals surface area contributed by atoms with Gasteiger partial charge in [0.1, 0.15) is 0 Å². The van der Waals surface area contributed by atoms with Crippen LogP contribution in [-0.2, 0) is 6.42 Å². The monoisotopic (exact) mass is 663 g/mol. The summed E-state index contributed by atoms with van der Waals surface area (Å²) in [6, 6.07) is 71.3. The average Bonchev–Trinajstić information content (AvgIpc) is 3.73. The van der Waals surface area contributed by atoms with E-state index in [1.165, 1.54) is 88.7 Å². The molecule has 8 aromatic carbocycles. The Hall–Kier alpha value is -6.44. The molecular weight excluding hydrogens is 627 g/mol. The second-order valence-electron chi connectivity index (χ2n) is 14.0. The number of nitrogens with zero attached hydrogens (tertiary/aromatic N) is 1. The minimum atomic E-state index is 0.357. The normalized spacial score (nSPS) is 13.3. The van der Waals surface area contributed by atoms with Gasteiger partial charge in [0.2, 0.25) is 0 Å². The van der Waals surface area contributed by atoms with Crippen LogP contribution in [0.3, 0.4) is 0 Å². The Kier molecular flexibility index (Phi) is 7.43. The zero-order chi connectivity index (χ0) is 34.4. The second-order valence-corrected chi connectivity index (χ2v) is 14.0. The van der Waals surface area contributed by atoms with Crippen LogP contribution in [0.5, 0.6) is 0 Å². The maximum atomic E-state index is 2.42. The Morgan fingerprint density at radius 3 is 1.81 bits per heavy atom. The summed E-state index contributed by atoms with van der Waals surface area (Å²) in [6.07, 6.45) is 2.10. The summed E-state index contributed by atoms with van der Waals surface area (Å²) in [6.45, 7) is 0. The van der Waals surface area contributed by atoms with Gasteiger partial charge in [-0.25, -0.2) is 0 Å². The van der Waals surface area contributed by atoms with Gasteiger partial charge >= 0.3 is 0 Å². The number of hydrogen-bond acceptors (Lipinski definition) is 0. The van der Waals surface area contributed by atoms with Crippen molar-refractivity contribution in [2.45, 2.75) is 18.8 Å². The third-order valence-electron chi connectivity index (χ3n) is 11.0. The predicted octanol–water partition coefficient (Wildman–Crippen LogP) is 13.5. The van der Waals surface area contributed by atoms with Crippen LogP contribution >= 0.6 is 0 Å². The van der Waals surface area contributed by atoms with Crippen molar-refractivity contribution in [1.82, 2.24) is 4.57 Å². The second kappa shape index (κ2) is 12.7. The molecule has 1 nitrogen and oxygen atoms in total. The van der Waals surface area contributed by atoms with E-state index in [9.17, 15) is 0 Å². The summed E-state index contributed by atoms with van der Waals surface area (Å²) in [5.74, 6) is 0.357. The molecular formula is C51H37N. The zero-order valence-electron chi connectivity index (χ0n) is 28.9. The average molecular weight is 664 g/mol. The van der Waals surface area contributed by atoms with Gasteiger partial charge in [0.15, 0.2) is 0 Å². The Morgan fingerprint density at radius 2 is 0.981 bits per heavy atom. The van der Waals surface area contributed by atoms with Gasteiger partial charge in [0, 0.05) is 22.4 Å². The van der Waals surface area contributed by atoms with E-state index in [1.807, 2.05) is 0 Å². The number of para-hydroxylation sites is 1. The predicted molar refractivity (Wildman–Crippen MR) is 219 cm³/mol. The highest BCUT2D eigenvalue weighted by Crippen LogP contribution is 2.51. The van der Waals surface area contributed by atoms with Crippen LogP contribution < -0.4 is 0 Å². The molecule has 0 bridgehead atoms. The highest BCUT2D eigenvalue weighted by molar-refractivity contribution is 6.11. The fraction of sp³-hybridized carbons (Fsp3) is 0.0588. The smallest absolute Gasteiger partial charge is 0.0541 e. The SMILES string of the molecule is c1ccc(-c2ccc(-n3c4ccccc4c4cc(-c5cccc6c5-c5ccccc5C6CCc5cccc(-c6ccccc6)c5)ccc43)cc2)cc1. The molecule has 0 spiro atoms. The Morgan fingerprint density at radius 1 is 0.385 bits per heavy atom. The number of aryl methyl sites for hydroxylation is 1. The van der Waals surface area contributed by atoms with E-state index < -0.39 is 0 Å². The van der Waals surface area contributed by atoms with E-state index >= 15 is 0 Å². The van der Waals surface area contributed by atoms with Gasteiger partial charge in [-0.2, -0.15) is 0 Å². The van der Waals surface area contributed by atoms with Crippen LogP contribution in [0.15, 0.2) is 194 Å². The molecule has 0 saturated carbocycles. The summed E-state index contributed by atoms with van der Waals surface area (Å²) in [7, 11) is 0. The van der Waals surface area contributed by atoms with Gasteiger partial charge in [-0.05, 0) is 104 Å². The first-order valence-corrected chi connectivity index (χ1v) is 18.4. The van der Waals surface area contributed by atoms with Gasteiger partial charge in [-0.15, -0.1) is 0 Å². The van der Waals surface area contributed by atoms with E-state index in [2.05, 4.69) is 199 Å². The highest BCUT2D eigenvalue weighted by atomic mass is 15.0. The zero-order valence-corrected chi connectivity index (χ0v) is 28.9. The lowest BCUT2D eigenvalue weighted by Crippen LogP contribution is -1.99. The highest BCUT2D eigenvalue weighted by Gasteiger charge is 2.30. The maximum Gasteiger partial charge on any atom is 0.0541 e. The Balaban J connectivity index is 1.03. The van der Waals surface area contributed by atoms with E-state index in [0.29, 0.717) is 5.92 Å². The van der Waals surface area contributed by atoms with Gasteiger partial charge in [-0.3, -0.25) is 0 Å². The van der Waals surface area contributed by atoms with Crippen molar-refractivity contribution in [2.75, 3.05) is 0 Å². The first-order valence-electron chi connectivity index (χ1n) is 18.4. The van der Waals surface area contributed by atoms with Gasteiger partial charge < -0.3 is 4.57 Å². The molecule has 0 saturated heterocycles. The largest absolute Gasteiger partial charge is 0.309 e. The quantitative estimate of drug-likeness (QED) is 0.160. The Bertz CT molecular complexity index is 2720. The van der Waals surface area contributed by atoms with Crippen molar-refractivity contribution in [3.8, 4) is 50.2 Å². The summed E-state index contributed by atoms with van der Waals surface area (Å²) in [5, 5.41) is 2.55. The molecule has 0 fully saturated rings. The minimum Gasteiger partial charge on any atom is -0.309 e. The number of hydrogen-bond donors (Lipinski definition) is 0. The van der Waals surface area contributed by atoms with Crippen LogP contribution in [0.2, 0.25) is 0 Å². The summed E-state index contributed by atoms with van der Waals surface area (Å²) < 4.78 is 2.41. The molecule has 1 aliphatic carbocycles. The molecule has 9 aromatic rings. The summed E-state index contributed by atoms with van der Waals surface area (Å²) >= 11 is 0. The van der Waals surface area contributed by atoms with Crippen molar-refractivity contribution in [3.05, 3.63) is 211 Å². The molecule has 1 atom stereocenters. The molecule has 1 unspecified atom stereocenters. The molecule has 1 heterocycles. The van der Waals surface area contributed by atoms with E-state index in [0.717, 1.165) is 12.8 Å². The molecule has 10 rings (SSSR count).